The lowest BCUT2D eigenvalue weighted by Crippen LogP contribution is -2.33. The van der Waals surface area contributed by atoms with Crippen LogP contribution in [0.2, 0.25) is 5.02 Å². The van der Waals surface area contributed by atoms with Gasteiger partial charge in [-0.15, -0.1) is 16.8 Å². The van der Waals surface area contributed by atoms with Crippen LogP contribution in [0.1, 0.15) is 41.7 Å². The van der Waals surface area contributed by atoms with Gasteiger partial charge in [0.25, 0.3) is 0 Å². The van der Waals surface area contributed by atoms with Crippen LogP contribution in [0.4, 0.5) is 0 Å². The quantitative estimate of drug-likeness (QED) is 0.331. The smallest absolute Gasteiger partial charge is 0.191 e. The summed E-state index contributed by atoms with van der Waals surface area (Å²) in [6.45, 7) is 9.60. The third kappa shape index (κ3) is 5.17. The summed E-state index contributed by atoms with van der Waals surface area (Å²) < 4.78 is 7.95. The van der Waals surface area contributed by atoms with Crippen LogP contribution in [0.15, 0.2) is 58.6 Å². The van der Waals surface area contributed by atoms with E-state index in [-0.39, 0.29) is 0 Å². The molecule has 1 aromatic carbocycles. The molecule has 0 saturated carbocycles. The number of hydrogen-bond acceptors (Lipinski definition) is 5. The van der Waals surface area contributed by atoms with Crippen molar-refractivity contribution in [3.8, 4) is 0 Å². The average molecular weight is 443 g/mol. The summed E-state index contributed by atoms with van der Waals surface area (Å²) in [7, 11) is 0. The van der Waals surface area contributed by atoms with E-state index in [0.29, 0.717) is 5.92 Å². The lowest BCUT2D eigenvalue weighted by molar-refractivity contribution is 0.186. The average Bonchev–Trinajstić information content (AvgIpc) is 3.33. The Morgan fingerprint density at radius 1 is 1.23 bits per heavy atom. The van der Waals surface area contributed by atoms with Crippen molar-refractivity contribution in [3.63, 3.8) is 0 Å². The molecule has 0 spiro atoms. The van der Waals surface area contributed by atoms with Crippen molar-refractivity contribution < 1.29 is 4.42 Å². The summed E-state index contributed by atoms with van der Waals surface area (Å²) in [5, 5.41) is 10.8. The van der Waals surface area contributed by atoms with Gasteiger partial charge in [-0.05, 0) is 62.7 Å². The number of benzene rings is 1. The minimum Gasteiger partial charge on any atom is -0.465 e. The van der Waals surface area contributed by atoms with Crippen molar-refractivity contribution in [2.45, 2.75) is 49.7 Å². The molecule has 3 heterocycles. The van der Waals surface area contributed by atoms with Gasteiger partial charge in [0, 0.05) is 23.2 Å². The van der Waals surface area contributed by atoms with E-state index in [1.165, 1.54) is 5.56 Å². The predicted molar refractivity (Wildman–Crippen MR) is 122 cm³/mol. The van der Waals surface area contributed by atoms with Crippen LogP contribution >= 0.6 is 23.4 Å². The van der Waals surface area contributed by atoms with Crippen molar-refractivity contribution in [2.24, 2.45) is 0 Å². The fourth-order valence-electron chi connectivity index (χ4n) is 3.92. The number of thioether (sulfide) groups is 1. The number of nitrogens with zero attached hydrogens (tertiary/aromatic N) is 4. The Balaban J connectivity index is 1.39. The van der Waals surface area contributed by atoms with E-state index in [4.69, 9.17) is 16.0 Å². The van der Waals surface area contributed by atoms with Gasteiger partial charge < -0.3 is 8.98 Å². The van der Waals surface area contributed by atoms with Gasteiger partial charge in [0.1, 0.15) is 17.3 Å². The van der Waals surface area contributed by atoms with Crippen LogP contribution in [0, 0.1) is 6.92 Å². The molecule has 0 radical (unpaired) electrons. The molecular weight excluding hydrogens is 416 g/mol. The van der Waals surface area contributed by atoms with Crippen molar-refractivity contribution >= 4 is 23.4 Å². The third-order valence-electron chi connectivity index (χ3n) is 5.44. The Hall–Kier alpha value is -2.02. The van der Waals surface area contributed by atoms with E-state index < -0.39 is 0 Å². The minimum atomic E-state index is 0.424. The number of likely N-dealkylation sites (tertiary alicyclic amines) is 1. The summed E-state index contributed by atoms with van der Waals surface area (Å²) in [5.74, 6) is 4.34. The van der Waals surface area contributed by atoms with Gasteiger partial charge in [-0.2, -0.15) is 0 Å². The minimum absolute atomic E-state index is 0.424. The Morgan fingerprint density at radius 2 is 2.07 bits per heavy atom. The van der Waals surface area contributed by atoms with Crippen molar-refractivity contribution in [2.75, 3.05) is 13.1 Å². The van der Waals surface area contributed by atoms with Gasteiger partial charge in [-0.1, -0.05) is 41.6 Å². The molecule has 2 aromatic heterocycles. The van der Waals surface area contributed by atoms with Crippen LogP contribution in [0.3, 0.4) is 0 Å². The van der Waals surface area contributed by atoms with Crippen LogP contribution in [-0.4, -0.2) is 32.8 Å². The van der Waals surface area contributed by atoms with E-state index in [9.17, 15) is 0 Å². The first-order chi connectivity index (χ1) is 14.6. The number of aryl methyl sites for hydroxylation is 1. The maximum absolute atomic E-state index is 6.11. The highest BCUT2D eigenvalue weighted by Gasteiger charge is 2.26. The summed E-state index contributed by atoms with van der Waals surface area (Å²) in [4.78, 5) is 2.46. The molecule has 0 bridgehead atoms. The molecule has 0 atom stereocenters. The number of halogens is 1. The van der Waals surface area contributed by atoms with Crippen molar-refractivity contribution in [1.82, 2.24) is 19.7 Å². The zero-order chi connectivity index (χ0) is 20.9. The molecule has 0 aliphatic carbocycles. The summed E-state index contributed by atoms with van der Waals surface area (Å²) in [6, 6.07) is 12.1. The van der Waals surface area contributed by atoms with Gasteiger partial charge in [-0.3, -0.25) is 4.90 Å². The monoisotopic (exact) mass is 442 g/mol. The topological polar surface area (TPSA) is 47.1 Å². The molecule has 1 fully saturated rings. The molecule has 5 nitrogen and oxygen atoms in total. The fraction of sp³-hybridized carbons (Fsp3) is 0.391. The SMILES string of the molecule is C=CCn1c(SCc2cccc(Cl)c2)nnc1C1CCN(Cc2ccc(C)o2)CC1. The first-order valence-corrected chi connectivity index (χ1v) is 11.7. The number of hydrogen-bond donors (Lipinski definition) is 0. The molecular formula is C23H27ClN4OS. The summed E-state index contributed by atoms with van der Waals surface area (Å²) >= 11 is 7.81. The van der Waals surface area contributed by atoms with Crippen molar-refractivity contribution in [3.05, 3.63) is 77.0 Å². The van der Waals surface area contributed by atoms with E-state index in [1.54, 1.807) is 11.8 Å². The molecule has 1 aliphatic rings. The highest BCUT2D eigenvalue weighted by atomic mass is 35.5. The maximum atomic E-state index is 6.11. The normalized spacial score (nSPS) is 15.5. The summed E-state index contributed by atoms with van der Waals surface area (Å²) in [5.41, 5.74) is 1.18. The first kappa shape index (κ1) is 21.2. The second-order valence-corrected chi connectivity index (χ2v) is 9.10. The standard InChI is InChI=1S/C23H27ClN4OS/c1-3-11-28-22(25-26-23(28)30-16-18-5-4-6-20(24)14-18)19-9-12-27(13-10-19)15-21-8-7-17(2)29-21/h3-8,14,19H,1,9-13,15-16H2,2H3. The Labute approximate surface area is 187 Å². The molecule has 1 aliphatic heterocycles. The largest absolute Gasteiger partial charge is 0.465 e. The van der Waals surface area contributed by atoms with Gasteiger partial charge in [-0.25, -0.2) is 0 Å². The van der Waals surface area contributed by atoms with E-state index >= 15 is 0 Å². The first-order valence-electron chi connectivity index (χ1n) is 10.3. The Bertz CT molecular complexity index is 991. The number of aromatic nitrogens is 3. The molecule has 7 heteroatoms. The number of piperidine rings is 1. The third-order valence-corrected chi connectivity index (χ3v) is 6.72. The van der Waals surface area contributed by atoms with Gasteiger partial charge in [0.15, 0.2) is 5.16 Å². The maximum Gasteiger partial charge on any atom is 0.191 e. The van der Waals surface area contributed by atoms with E-state index in [0.717, 1.165) is 72.3 Å². The number of rotatable bonds is 8. The van der Waals surface area contributed by atoms with Crippen molar-refractivity contribution in [1.29, 1.82) is 0 Å². The van der Waals surface area contributed by atoms with E-state index in [1.807, 2.05) is 37.3 Å². The molecule has 0 amide bonds. The predicted octanol–water partition coefficient (Wildman–Crippen LogP) is 5.69. The molecule has 0 unspecified atom stereocenters. The molecule has 0 N–H and O–H groups in total. The summed E-state index contributed by atoms with van der Waals surface area (Å²) in [6.07, 6.45) is 4.08. The zero-order valence-electron chi connectivity index (χ0n) is 17.3. The van der Waals surface area contributed by atoms with Gasteiger partial charge in [0.05, 0.1) is 6.54 Å². The highest BCUT2D eigenvalue weighted by Crippen LogP contribution is 2.31. The Morgan fingerprint density at radius 3 is 2.77 bits per heavy atom. The number of furan rings is 1. The van der Waals surface area contributed by atoms with E-state index in [2.05, 4.69) is 38.4 Å². The zero-order valence-corrected chi connectivity index (χ0v) is 18.8. The molecule has 4 rings (SSSR count). The number of allylic oxidation sites excluding steroid dienone is 1. The van der Waals surface area contributed by atoms with Crippen LogP contribution < -0.4 is 0 Å². The molecule has 158 valence electrons. The van der Waals surface area contributed by atoms with Crippen LogP contribution in [0.5, 0.6) is 0 Å². The molecule has 1 saturated heterocycles. The Kier molecular flexibility index (Phi) is 6.97. The molecule has 3 aromatic rings. The fourth-order valence-corrected chi connectivity index (χ4v) is 5.03. The molecule has 30 heavy (non-hydrogen) atoms. The van der Waals surface area contributed by atoms with Crippen LogP contribution in [-0.2, 0) is 18.8 Å². The second kappa shape index (κ2) is 9.86. The van der Waals surface area contributed by atoms with Gasteiger partial charge in [0.2, 0.25) is 0 Å². The van der Waals surface area contributed by atoms with Gasteiger partial charge >= 0.3 is 0 Å². The highest BCUT2D eigenvalue weighted by molar-refractivity contribution is 7.98. The second-order valence-electron chi connectivity index (χ2n) is 7.72. The lowest BCUT2D eigenvalue weighted by atomic mass is 9.96. The van der Waals surface area contributed by atoms with Crippen LogP contribution in [0.25, 0.3) is 0 Å². The lowest BCUT2D eigenvalue weighted by Gasteiger charge is -2.31.